The second-order valence-electron chi connectivity index (χ2n) is 7.71. The van der Waals surface area contributed by atoms with Gasteiger partial charge in [0.1, 0.15) is 11.9 Å². The lowest BCUT2D eigenvalue weighted by Gasteiger charge is -2.36. The van der Waals surface area contributed by atoms with Crippen molar-refractivity contribution in [2.75, 3.05) is 6.54 Å². The van der Waals surface area contributed by atoms with Gasteiger partial charge in [0.05, 0.1) is 0 Å². The molecule has 2 unspecified atom stereocenters. The molecular formula is C23H29NO. The van der Waals surface area contributed by atoms with E-state index < -0.39 is 0 Å². The fraction of sp³-hybridized carbons (Fsp3) is 0.478. The molecule has 3 atom stereocenters. The topological polar surface area (TPSA) is 21.3 Å². The first-order chi connectivity index (χ1) is 12.3. The number of benzene rings is 2. The summed E-state index contributed by atoms with van der Waals surface area (Å²) in [7, 11) is 0. The van der Waals surface area contributed by atoms with E-state index in [1.165, 1.54) is 36.8 Å². The maximum atomic E-state index is 6.41. The fourth-order valence-electron chi connectivity index (χ4n) is 4.53. The van der Waals surface area contributed by atoms with Gasteiger partial charge in [-0.2, -0.15) is 0 Å². The third kappa shape index (κ3) is 3.74. The van der Waals surface area contributed by atoms with Crippen LogP contribution in [0, 0.1) is 5.92 Å². The molecule has 1 saturated carbocycles. The molecule has 1 fully saturated rings. The molecule has 2 nitrogen and oxygen atoms in total. The zero-order chi connectivity index (χ0) is 17.1. The van der Waals surface area contributed by atoms with E-state index >= 15 is 0 Å². The van der Waals surface area contributed by atoms with Gasteiger partial charge in [-0.15, -0.1) is 0 Å². The van der Waals surface area contributed by atoms with E-state index in [4.69, 9.17) is 4.74 Å². The van der Waals surface area contributed by atoms with Crippen LogP contribution in [-0.2, 0) is 0 Å². The third-order valence-corrected chi connectivity index (χ3v) is 6.05. The average molecular weight is 335 g/mol. The van der Waals surface area contributed by atoms with Crippen LogP contribution < -0.4 is 10.1 Å². The molecule has 25 heavy (non-hydrogen) atoms. The van der Waals surface area contributed by atoms with Gasteiger partial charge in [0.25, 0.3) is 0 Å². The lowest BCUT2D eigenvalue weighted by molar-refractivity contribution is 0.0999. The molecule has 0 aromatic heterocycles. The van der Waals surface area contributed by atoms with Gasteiger partial charge in [0.15, 0.2) is 0 Å². The zero-order valence-electron chi connectivity index (χ0n) is 15.2. The normalized spacial score (nSPS) is 24.5. The van der Waals surface area contributed by atoms with Crippen LogP contribution in [0.25, 0.3) is 0 Å². The minimum atomic E-state index is 0.376. The molecule has 1 aliphatic heterocycles. The maximum Gasteiger partial charge on any atom is 0.123 e. The number of hydrogen-bond acceptors (Lipinski definition) is 2. The van der Waals surface area contributed by atoms with Gasteiger partial charge in [-0.1, -0.05) is 61.4 Å². The van der Waals surface area contributed by atoms with Crippen molar-refractivity contribution < 1.29 is 4.74 Å². The van der Waals surface area contributed by atoms with Crippen molar-refractivity contribution in [2.24, 2.45) is 5.92 Å². The summed E-state index contributed by atoms with van der Waals surface area (Å²) in [5.74, 6) is 2.41. The lowest BCUT2D eigenvalue weighted by Crippen LogP contribution is -2.35. The van der Waals surface area contributed by atoms with E-state index in [1.807, 2.05) is 0 Å². The van der Waals surface area contributed by atoms with Crippen LogP contribution in [0.4, 0.5) is 0 Å². The Morgan fingerprint density at radius 2 is 1.72 bits per heavy atom. The van der Waals surface area contributed by atoms with E-state index in [9.17, 15) is 0 Å². The molecule has 2 heteroatoms. The van der Waals surface area contributed by atoms with Crippen molar-refractivity contribution in [2.45, 2.75) is 57.1 Å². The Balaban J connectivity index is 1.47. The number of ether oxygens (including phenoxy) is 1. The molecule has 0 bridgehead atoms. The second kappa shape index (κ2) is 7.61. The Labute approximate surface area is 151 Å². The molecular weight excluding hydrogens is 306 g/mol. The molecule has 1 N–H and O–H groups in total. The Kier molecular flexibility index (Phi) is 5.07. The molecule has 4 rings (SSSR count). The van der Waals surface area contributed by atoms with Crippen molar-refractivity contribution in [1.82, 2.24) is 5.32 Å². The van der Waals surface area contributed by atoms with Gasteiger partial charge in [-0.25, -0.2) is 0 Å². The van der Waals surface area contributed by atoms with Gasteiger partial charge >= 0.3 is 0 Å². The quantitative estimate of drug-likeness (QED) is 0.783. The van der Waals surface area contributed by atoms with Crippen LogP contribution in [0.15, 0.2) is 54.6 Å². The molecule has 132 valence electrons. The Morgan fingerprint density at radius 1 is 1.00 bits per heavy atom. The summed E-state index contributed by atoms with van der Waals surface area (Å²) in [6.07, 6.45) is 6.98. The summed E-state index contributed by atoms with van der Waals surface area (Å²) in [6, 6.07) is 19.8. The van der Waals surface area contributed by atoms with Crippen LogP contribution in [0.3, 0.4) is 0 Å². The summed E-state index contributed by atoms with van der Waals surface area (Å²) in [6.45, 7) is 3.27. The number of hydrogen-bond donors (Lipinski definition) is 1. The predicted octanol–water partition coefficient (Wildman–Crippen LogP) is 5.46. The van der Waals surface area contributed by atoms with Crippen LogP contribution in [0.5, 0.6) is 5.75 Å². The van der Waals surface area contributed by atoms with Gasteiger partial charge < -0.3 is 10.1 Å². The molecule has 2 aromatic rings. The molecule has 2 aromatic carbocycles. The first-order valence-corrected chi connectivity index (χ1v) is 9.85. The number of nitrogens with one attached hydrogen (secondary N) is 1. The standard InChI is InChI=1S/C23H29NO/c1-17(18-9-3-2-4-10-18)24-16-20-15-23(19-11-5-6-12-19)25-22-14-8-7-13-21(20)22/h2-4,7-10,13-14,17,19-20,23-24H,5-6,11-12,15-16H2,1H3/t17?,20-,23?/m0/s1. The predicted molar refractivity (Wildman–Crippen MR) is 103 cm³/mol. The first-order valence-electron chi connectivity index (χ1n) is 9.85. The van der Waals surface area contributed by atoms with Crippen molar-refractivity contribution in [3.8, 4) is 5.75 Å². The summed E-state index contributed by atoms with van der Waals surface area (Å²) in [5.41, 5.74) is 2.74. The van der Waals surface area contributed by atoms with Crippen molar-refractivity contribution in [1.29, 1.82) is 0 Å². The van der Waals surface area contributed by atoms with E-state index in [0.717, 1.165) is 24.6 Å². The van der Waals surface area contributed by atoms with Crippen LogP contribution >= 0.6 is 0 Å². The van der Waals surface area contributed by atoms with Crippen LogP contribution in [0.2, 0.25) is 0 Å². The van der Waals surface area contributed by atoms with Crippen molar-refractivity contribution >= 4 is 0 Å². The van der Waals surface area contributed by atoms with Gasteiger partial charge in [0.2, 0.25) is 0 Å². The Morgan fingerprint density at radius 3 is 2.52 bits per heavy atom. The molecule has 0 radical (unpaired) electrons. The highest BCUT2D eigenvalue weighted by Gasteiger charge is 2.34. The summed E-state index contributed by atoms with van der Waals surface area (Å²) in [5, 5.41) is 3.77. The second-order valence-corrected chi connectivity index (χ2v) is 7.71. The van der Waals surface area contributed by atoms with E-state index in [2.05, 4.69) is 66.8 Å². The van der Waals surface area contributed by atoms with E-state index in [0.29, 0.717) is 18.1 Å². The van der Waals surface area contributed by atoms with Crippen molar-refractivity contribution in [3.05, 3.63) is 65.7 Å². The smallest absolute Gasteiger partial charge is 0.123 e. The first kappa shape index (κ1) is 16.7. The third-order valence-electron chi connectivity index (χ3n) is 6.05. The van der Waals surface area contributed by atoms with Gasteiger partial charge in [-0.05, 0) is 49.3 Å². The molecule has 0 saturated heterocycles. The van der Waals surface area contributed by atoms with Crippen LogP contribution in [-0.4, -0.2) is 12.6 Å². The molecule has 2 aliphatic rings. The minimum Gasteiger partial charge on any atom is -0.490 e. The van der Waals surface area contributed by atoms with E-state index in [-0.39, 0.29) is 0 Å². The molecule has 0 spiro atoms. The number of para-hydroxylation sites is 1. The van der Waals surface area contributed by atoms with Crippen LogP contribution in [0.1, 0.15) is 62.1 Å². The Bertz CT molecular complexity index is 678. The molecule has 1 heterocycles. The average Bonchev–Trinajstić information content (AvgIpc) is 3.21. The summed E-state index contributed by atoms with van der Waals surface area (Å²) in [4.78, 5) is 0. The van der Waals surface area contributed by atoms with Gasteiger partial charge in [0, 0.05) is 18.5 Å². The highest BCUT2D eigenvalue weighted by molar-refractivity contribution is 5.38. The SMILES string of the molecule is CC(NC[C@@H]1CC(C2CCCC2)Oc2ccccc21)c1ccccc1. The zero-order valence-corrected chi connectivity index (χ0v) is 15.2. The maximum absolute atomic E-state index is 6.41. The minimum absolute atomic E-state index is 0.376. The summed E-state index contributed by atoms with van der Waals surface area (Å²) >= 11 is 0. The monoisotopic (exact) mass is 335 g/mol. The Hall–Kier alpha value is -1.80. The molecule has 0 amide bonds. The fourth-order valence-corrected chi connectivity index (χ4v) is 4.53. The summed E-state index contributed by atoms with van der Waals surface area (Å²) < 4.78 is 6.41. The van der Waals surface area contributed by atoms with Crippen molar-refractivity contribution in [3.63, 3.8) is 0 Å². The largest absolute Gasteiger partial charge is 0.490 e. The lowest BCUT2D eigenvalue weighted by atomic mass is 9.84. The number of fused-ring (bicyclic) bond motifs is 1. The highest BCUT2D eigenvalue weighted by atomic mass is 16.5. The highest BCUT2D eigenvalue weighted by Crippen LogP contribution is 2.41. The molecule has 1 aliphatic carbocycles. The van der Waals surface area contributed by atoms with Gasteiger partial charge in [-0.3, -0.25) is 0 Å². The van der Waals surface area contributed by atoms with E-state index in [1.54, 1.807) is 0 Å². The number of rotatable bonds is 5.